The Morgan fingerprint density at radius 2 is 1.96 bits per heavy atom. The molecule has 0 bridgehead atoms. The van der Waals surface area contributed by atoms with Gasteiger partial charge in [-0.3, -0.25) is 4.90 Å². The van der Waals surface area contributed by atoms with Crippen LogP contribution in [-0.4, -0.2) is 26.3 Å². The summed E-state index contributed by atoms with van der Waals surface area (Å²) in [6.45, 7) is 4.06. The van der Waals surface area contributed by atoms with Crippen LogP contribution < -0.4 is 0 Å². The largest absolute Gasteiger partial charge is 0.453 e. The van der Waals surface area contributed by atoms with Gasteiger partial charge < -0.3 is 8.98 Å². The molecular formula is C17H18BrClN4OS. The van der Waals surface area contributed by atoms with Gasteiger partial charge in [0.1, 0.15) is 5.76 Å². The van der Waals surface area contributed by atoms with Crippen LogP contribution in [0.2, 0.25) is 5.02 Å². The number of halogens is 2. The average molecular weight is 442 g/mol. The predicted octanol–water partition coefficient (Wildman–Crippen LogP) is 5.20. The SMILES string of the molecule is CCn1c(-c2ccc(Cl)cc2)nn(CN(C)Cc2ccc(Br)o2)c1=S. The van der Waals surface area contributed by atoms with Gasteiger partial charge in [-0.05, 0) is 78.5 Å². The Hall–Kier alpha value is -1.41. The average Bonchev–Trinajstić information content (AvgIpc) is 3.12. The molecule has 0 atom stereocenters. The molecule has 0 saturated carbocycles. The van der Waals surface area contributed by atoms with Gasteiger partial charge in [0.2, 0.25) is 0 Å². The van der Waals surface area contributed by atoms with Gasteiger partial charge in [0.25, 0.3) is 0 Å². The van der Waals surface area contributed by atoms with E-state index >= 15 is 0 Å². The molecule has 132 valence electrons. The highest BCUT2D eigenvalue weighted by Crippen LogP contribution is 2.21. The summed E-state index contributed by atoms with van der Waals surface area (Å²) >= 11 is 14.9. The predicted molar refractivity (Wildman–Crippen MR) is 105 cm³/mol. The fourth-order valence-corrected chi connectivity index (χ4v) is 3.39. The van der Waals surface area contributed by atoms with Gasteiger partial charge in [-0.25, -0.2) is 4.68 Å². The Morgan fingerprint density at radius 1 is 1.24 bits per heavy atom. The highest BCUT2D eigenvalue weighted by atomic mass is 79.9. The van der Waals surface area contributed by atoms with Crippen LogP contribution >= 0.6 is 39.7 Å². The third-order valence-corrected chi connectivity index (χ3v) is 4.88. The number of hydrogen-bond donors (Lipinski definition) is 0. The van der Waals surface area contributed by atoms with E-state index in [2.05, 4.69) is 27.8 Å². The minimum absolute atomic E-state index is 0.574. The van der Waals surface area contributed by atoms with Crippen LogP contribution in [0.25, 0.3) is 11.4 Å². The second kappa shape index (κ2) is 7.86. The Labute approximate surface area is 164 Å². The van der Waals surface area contributed by atoms with E-state index in [0.29, 0.717) is 23.0 Å². The lowest BCUT2D eigenvalue weighted by molar-refractivity contribution is 0.224. The summed E-state index contributed by atoms with van der Waals surface area (Å²) in [4.78, 5) is 2.10. The van der Waals surface area contributed by atoms with Gasteiger partial charge in [-0.15, -0.1) is 0 Å². The van der Waals surface area contributed by atoms with E-state index in [1.807, 2.05) is 52.7 Å². The number of aromatic nitrogens is 3. The first-order chi connectivity index (χ1) is 12.0. The minimum atomic E-state index is 0.574. The highest BCUT2D eigenvalue weighted by Gasteiger charge is 2.13. The maximum absolute atomic E-state index is 5.98. The molecule has 8 heteroatoms. The molecule has 5 nitrogen and oxygen atoms in total. The van der Waals surface area contributed by atoms with Crippen LogP contribution in [0.5, 0.6) is 0 Å². The molecule has 1 aromatic carbocycles. The molecular weight excluding hydrogens is 424 g/mol. The minimum Gasteiger partial charge on any atom is -0.453 e. The second-order valence-electron chi connectivity index (χ2n) is 5.72. The molecule has 3 aromatic rings. The van der Waals surface area contributed by atoms with Gasteiger partial charge in [0.05, 0.1) is 13.2 Å². The topological polar surface area (TPSA) is 39.1 Å². The first kappa shape index (κ1) is 18.4. The van der Waals surface area contributed by atoms with Crippen LogP contribution in [0.3, 0.4) is 0 Å². The summed E-state index contributed by atoms with van der Waals surface area (Å²) in [7, 11) is 2.01. The molecule has 0 fully saturated rings. The first-order valence-corrected chi connectivity index (χ1v) is 9.42. The summed E-state index contributed by atoms with van der Waals surface area (Å²) < 4.78 is 10.8. The Kier molecular flexibility index (Phi) is 5.78. The molecule has 0 aliphatic carbocycles. The van der Waals surface area contributed by atoms with Crippen LogP contribution in [0.1, 0.15) is 12.7 Å². The summed E-state index contributed by atoms with van der Waals surface area (Å²) in [5.74, 6) is 1.73. The van der Waals surface area contributed by atoms with E-state index in [1.165, 1.54) is 0 Å². The zero-order valence-electron chi connectivity index (χ0n) is 13.9. The number of furan rings is 1. The molecule has 2 heterocycles. The van der Waals surface area contributed by atoms with E-state index in [-0.39, 0.29) is 0 Å². The zero-order valence-corrected chi connectivity index (χ0v) is 17.1. The lowest BCUT2D eigenvalue weighted by atomic mass is 10.2. The van der Waals surface area contributed by atoms with Crippen molar-refractivity contribution in [2.45, 2.75) is 26.7 Å². The van der Waals surface area contributed by atoms with Crippen molar-refractivity contribution in [3.8, 4) is 11.4 Å². The summed E-state index contributed by atoms with van der Waals surface area (Å²) in [6, 6.07) is 11.5. The Balaban J connectivity index is 1.84. The number of hydrogen-bond acceptors (Lipinski definition) is 4. The number of nitrogens with zero attached hydrogens (tertiary/aromatic N) is 4. The fraction of sp³-hybridized carbons (Fsp3) is 0.294. The van der Waals surface area contributed by atoms with E-state index in [1.54, 1.807) is 0 Å². The molecule has 25 heavy (non-hydrogen) atoms. The maximum atomic E-state index is 5.98. The van der Waals surface area contributed by atoms with E-state index in [4.69, 9.17) is 33.3 Å². The molecule has 0 amide bonds. The van der Waals surface area contributed by atoms with Crippen molar-refractivity contribution in [2.24, 2.45) is 0 Å². The van der Waals surface area contributed by atoms with Crippen LogP contribution in [-0.2, 0) is 19.8 Å². The molecule has 0 radical (unpaired) electrons. The smallest absolute Gasteiger partial charge is 0.199 e. The van der Waals surface area contributed by atoms with Crippen molar-refractivity contribution >= 4 is 39.7 Å². The van der Waals surface area contributed by atoms with E-state index in [9.17, 15) is 0 Å². The van der Waals surface area contributed by atoms with Crippen LogP contribution in [0.15, 0.2) is 45.5 Å². The van der Waals surface area contributed by atoms with Crippen molar-refractivity contribution in [3.05, 3.63) is 56.6 Å². The van der Waals surface area contributed by atoms with Crippen molar-refractivity contribution in [2.75, 3.05) is 7.05 Å². The molecule has 0 unspecified atom stereocenters. The molecule has 0 aliphatic heterocycles. The van der Waals surface area contributed by atoms with Crippen molar-refractivity contribution < 1.29 is 4.42 Å². The van der Waals surface area contributed by atoms with Gasteiger partial charge in [-0.1, -0.05) is 11.6 Å². The van der Waals surface area contributed by atoms with Gasteiger partial charge >= 0.3 is 0 Å². The Morgan fingerprint density at radius 3 is 2.56 bits per heavy atom. The molecule has 3 rings (SSSR count). The highest BCUT2D eigenvalue weighted by molar-refractivity contribution is 9.10. The van der Waals surface area contributed by atoms with E-state index < -0.39 is 0 Å². The molecule has 2 aromatic heterocycles. The maximum Gasteiger partial charge on any atom is 0.199 e. The van der Waals surface area contributed by atoms with Gasteiger partial charge in [0.15, 0.2) is 15.3 Å². The number of rotatable bonds is 6. The monoisotopic (exact) mass is 440 g/mol. The van der Waals surface area contributed by atoms with Gasteiger partial charge in [-0.2, -0.15) is 5.10 Å². The second-order valence-corrected chi connectivity index (χ2v) is 7.30. The molecule has 0 saturated heterocycles. The summed E-state index contributed by atoms with van der Waals surface area (Å²) in [5, 5.41) is 5.42. The Bertz CT molecular complexity index is 916. The summed E-state index contributed by atoms with van der Waals surface area (Å²) in [6.07, 6.45) is 0. The standard InChI is InChI=1S/C17H18BrClN4OS/c1-3-22-16(12-4-6-13(19)7-5-12)20-23(17(22)25)11-21(2)10-14-8-9-15(18)24-14/h4-9H,3,10-11H2,1-2H3. The third-order valence-electron chi connectivity index (χ3n) is 3.77. The lowest BCUT2D eigenvalue weighted by Gasteiger charge is -2.14. The lowest BCUT2D eigenvalue weighted by Crippen LogP contribution is -2.22. The third kappa shape index (κ3) is 4.23. The molecule has 0 aliphatic rings. The van der Waals surface area contributed by atoms with Crippen LogP contribution in [0.4, 0.5) is 0 Å². The quantitative estimate of drug-likeness (QED) is 0.493. The molecule has 0 spiro atoms. The van der Waals surface area contributed by atoms with Gasteiger partial charge in [0, 0.05) is 17.1 Å². The van der Waals surface area contributed by atoms with Crippen molar-refractivity contribution in [1.82, 2.24) is 19.2 Å². The summed E-state index contributed by atoms with van der Waals surface area (Å²) in [5.41, 5.74) is 0.994. The number of benzene rings is 1. The normalized spacial score (nSPS) is 11.4. The van der Waals surface area contributed by atoms with E-state index in [0.717, 1.165) is 28.4 Å². The van der Waals surface area contributed by atoms with Crippen LogP contribution in [0, 0.1) is 4.77 Å². The first-order valence-electron chi connectivity index (χ1n) is 7.84. The molecule has 0 N–H and O–H groups in total. The zero-order chi connectivity index (χ0) is 18.0. The van der Waals surface area contributed by atoms with Crippen molar-refractivity contribution in [3.63, 3.8) is 0 Å². The van der Waals surface area contributed by atoms with Crippen molar-refractivity contribution in [1.29, 1.82) is 0 Å². The fourth-order valence-electron chi connectivity index (χ4n) is 2.61.